The molecule has 0 fully saturated rings. The second-order valence-corrected chi connectivity index (χ2v) is 3.35. The molecular weight excluding hydrogens is 202 g/mol. The highest BCUT2D eigenvalue weighted by Crippen LogP contribution is 2.21. The summed E-state index contributed by atoms with van der Waals surface area (Å²) in [6.45, 7) is 2.54. The molecule has 0 saturated carbocycles. The Bertz CT molecular complexity index is 339. The predicted octanol–water partition coefficient (Wildman–Crippen LogP) is 2.19. The number of amides is 1. The van der Waals surface area contributed by atoms with Gasteiger partial charge in [0.25, 0.3) is 5.91 Å². The summed E-state index contributed by atoms with van der Waals surface area (Å²) in [6.07, 6.45) is 0.854. The van der Waals surface area contributed by atoms with Crippen molar-refractivity contribution >= 4 is 17.5 Å². The molecule has 1 amide bonds. The minimum atomic E-state index is -0.299. The molecule has 1 rings (SSSR count). The summed E-state index contributed by atoms with van der Waals surface area (Å²) >= 11 is 5.70. The fourth-order valence-corrected chi connectivity index (χ4v) is 1.20. The molecule has 3 nitrogen and oxygen atoms in total. The van der Waals surface area contributed by atoms with Crippen LogP contribution in [0.4, 0.5) is 0 Å². The maximum absolute atomic E-state index is 11.4. The van der Waals surface area contributed by atoms with Crippen LogP contribution in [0.5, 0.6) is 5.75 Å². The molecule has 0 aliphatic rings. The maximum atomic E-state index is 11.4. The summed E-state index contributed by atoms with van der Waals surface area (Å²) < 4.78 is 0. The van der Waals surface area contributed by atoms with E-state index in [9.17, 15) is 9.90 Å². The molecule has 0 unspecified atom stereocenters. The number of phenols is 1. The molecule has 0 heterocycles. The van der Waals surface area contributed by atoms with Crippen LogP contribution >= 0.6 is 11.6 Å². The number of nitrogens with one attached hydrogen (secondary N) is 1. The number of carbonyl (C=O) groups excluding carboxylic acids is 1. The van der Waals surface area contributed by atoms with Crippen LogP contribution in [0, 0.1) is 0 Å². The Labute approximate surface area is 87.7 Å². The first-order valence-electron chi connectivity index (χ1n) is 4.42. The minimum Gasteiger partial charge on any atom is -0.507 e. The Balaban J connectivity index is 2.83. The van der Waals surface area contributed by atoms with Crippen LogP contribution in [0.2, 0.25) is 5.02 Å². The van der Waals surface area contributed by atoms with E-state index in [0.29, 0.717) is 11.6 Å². The monoisotopic (exact) mass is 213 g/mol. The van der Waals surface area contributed by atoms with Crippen LogP contribution in [0.15, 0.2) is 18.2 Å². The highest BCUT2D eigenvalue weighted by atomic mass is 35.5. The Morgan fingerprint density at radius 2 is 2.29 bits per heavy atom. The third-order valence-electron chi connectivity index (χ3n) is 1.74. The van der Waals surface area contributed by atoms with Crippen molar-refractivity contribution in [2.45, 2.75) is 13.3 Å². The second-order valence-electron chi connectivity index (χ2n) is 2.92. The van der Waals surface area contributed by atoms with Gasteiger partial charge in [-0.2, -0.15) is 0 Å². The van der Waals surface area contributed by atoms with Gasteiger partial charge in [0.05, 0.1) is 5.56 Å². The van der Waals surface area contributed by atoms with Crippen molar-refractivity contribution in [3.63, 3.8) is 0 Å². The van der Waals surface area contributed by atoms with Crippen molar-refractivity contribution < 1.29 is 9.90 Å². The van der Waals surface area contributed by atoms with E-state index < -0.39 is 0 Å². The van der Waals surface area contributed by atoms with E-state index >= 15 is 0 Å². The SMILES string of the molecule is CCCNC(=O)c1cc(Cl)ccc1O. The van der Waals surface area contributed by atoms with Crippen LogP contribution in [-0.4, -0.2) is 17.6 Å². The van der Waals surface area contributed by atoms with Crippen molar-refractivity contribution in [1.82, 2.24) is 5.32 Å². The quantitative estimate of drug-likeness (QED) is 0.809. The topological polar surface area (TPSA) is 49.3 Å². The van der Waals surface area contributed by atoms with E-state index in [0.717, 1.165) is 6.42 Å². The Morgan fingerprint density at radius 1 is 1.57 bits per heavy atom. The number of rotatable bonds is 3. The van der Waals surface area contributed by atoms with Gasteiger partial charge in [-0.05, 0) is 24.6 Å². The molecule has 14 heavy (non-hydrogen) atoms. The molecule has 0 aliphatic heterocycles. The molecule has 1 aromatic carbocycles. The number of phenolic OH excluding ortho intramolecular Hbond substituents is 1. The molecule has 0 bridgehead atoms. The Hall–Kier alpha value is -1.22. The lowest BCUT2D eigenvalue weighted by molar-refractivity contribution is 0.0951. The second kappa shape index (κ2) is 4.86. The van der Waals surface area contributed by atoms with Gasteiger partial charge in [0.1, 0.15) is 5.75 Å². The third kappa shape index (κ3) is 2.64. The fraction of sp³-hybridized carbons (Fsp3) is 0.300. The lowest BCUT2D eigenvalue weighted by Crippen LogP contribution is -2.23. The third-order valence-corrected chi connectivity index (χ3v) is 1.97. The van der Waals surface area contributed by atoms with Crippen molar-refractivity contribution in [2.75, 3.05) is 6.54 Å². The van der Waals surface area contributed by atoms with E-state index in [1.807, 2.05) is 6.92 Å². The van der Waals surface area contributed by atoms with Gasteiger partial charge in [-0.25, -0.2) is 0 Å². The van der Waals surface area contributed by atoms with Crippen molar-refractivity contribution in [2.24, 2.45) is 0 Å². The number of hydrogen-bond acceptors (Lipinski definition) is 2. The van der Waals surface area contributed by atoms with E-state index in [-0.39, 0.29) is 17.2 Å². The largest absolute Gasteiger partial charge is 0.507 e. The molecule has 0 aromatic heterocycles. The van der Waals surface area contributed by atoms with Crippen molar-refractivity contribution in [1.29, 1.82) is 0 Å². The average molecular weight is 214 g/mol. The maximum Gasteiger partial charge on any atom is 0.255 e. The molecule has 0 aliphatic carbocycles. The predicted molar refractivity (Wildman–Crippen MR) is 55.7 cm³/mol. The van der Waals surface area contributed by atoms with E-state index in [2.05, 4.69) is 5.32 Å². The smallest absolute Gasteiger partial charge is 0.255 e. The molecule has 76 valence electrons. The van der Waals surface area contributed by atoms with Crippen molar-refractivity contribution in [3.05, 3.63) is 28.8 Å². The molecule has 1 aromatic rings. The fourth-order valence-electron chi connectivity index (χ4n) is 1.02. The first-order chi connectivity index (χ1) is 6.65. The number of hydrogen-bond donors (Lipinski definition) is 2. The van der Waals surface area contributed by atoms with E-state index in [4.69, 9.17) is 11.6 Å². The normalized spacial score (nSPS) is 9.86. The van der Waals surface area contributed by atoms with Crippen LogP contribution in [-0.2, 0) is 0 Å². The highest BCUT2D eigenvalue weighted by molar-refractivity contribution is 6.31. The van der Waals surface area contributed by atoms with Gasteiger partial charge < -0.3 is 10.4 Å². The molecule has 0 atom stereocenters. The summed E-state index contributed by atoms with van der Waals surface area (Å²) in [4.78, 5) is 11.4. The summed E-state index contributed by atoms with van der Waals surface area (Å²) in [7, 11) is 0. The average Bonchev–Trinajstić information content (AvgIpc) is 2.18. The van der Waals surface area contributed by atoms with Gasteiger partial charge in [-0.3, -0.25) is 4.79 Å². The molecule has 0 spiro atoms. The van der Waals surface area contributed by atoms with Gasteiger partial charge in [0.2, 0.25) is 0 Å². The first-order valence-corrected chi connectivity index (χ1v) is 4.79. The number of benzene rings is 1. The van der Waals surface area contributed by atoms with Crippen molar-refractivity contribution in [3.8, 4) is 5.75 Å². The van der Waals surface area contributed by atoms with Crippen LogP contribution in [0.3, 0.4) is 0 Å². The Morgan fingerprint density at radius 3 is 2.93 bits per heavy atom. The standard InChI is InChI=1S/C10H12ClNO2/c1-2-5-12-10(14)8-6-7(11)3-4-9(8)13/h3-4,6,13H,2,5H2,1H3,(H,12,14). The lowest BCUT2D eigenvalue weighted by atomic mass is 10.2. The van der Waals surface area contributed by atoms with Crippen LogP contribution in [0.25, 0.3) is 0 Å². The number of aromatic hydroxyl groups is 1. The molecule has 0 saturated heterocycles. The molecule has 2 N–H and O–H groups in total. The van der Waals surface area contributed by atoms with E-state index in [1.165, 1.54) is 18.2 Å². The van der Waals surface area contributed by atoms with Gasteiger partial charge in [0.15, 0.2) is 0 Å². The van der Waals surface area contributed by atoms with Crippen LogP contribution < -0.4 is 5.32 Å². The minimum absolute atomic E-state index is 0.0528. The van der Waals surface area contributed by atoms with Gasteiger partial charge in [0, 0.05) is 11.6 Å². The summed E-state index contributed by atoms with van der Waals surface area (Å²) in [6, 6.07) is 4.39. The number of halogens is 1. The van der Waals surface area contributed by atoms with Gasteiger partial charge >= 0.3 is 0 Å². The first kappa shape index (κ1) is 10.9. The Kier molecular flexibility index (Phi) is 3.77. The summed E-state index contributed by atoms with van der Waals surface area (Å²) in [5.41, 5.74) is 0.214. The van der Waals surface area contributed by atoms with Gasteiger partial charge in [-0.15, -0.1) is 0 Å². The zero-order chi connectivity index (χ0) is 10.6. The number of carbonyl (C=O) groups is 1. The summed E-state index contributed by atoms with van der Waals surface area (Å²) in [5.74, 6) is -0.352. The molecular formula is C10H12ClNO2. The molecule has 0 radical (unpaired) electrons. The molecule has 4 heteroatoms. The zero-order valence-corrected chi connectivity index (χ0v) is 8.64. The summed E-state index contributed by atoms with van der Waals surface area (Å²) in [5, 5.41) is 12.5. The highest BCUT2D eigenvalue weighted by Gasteiger charge is 2.10. The van der Waals surface area contributed by atoms with Gasteiger partial charge in [-0.1, -0.05) is 18.5 Å². The van der Waals surface area contributed by atoms with E-state index in [1.54, 1.807) is 0 Å². The van der Waals surface area contributed by atoms with Crippen LogP contribution in [0.1, 0.15) is 23.7 Å². The zero-order valence-electron chi connectivity index (χ0n) is 7.88. The lowest BCUT2D eigenvalue weighted by Gasteiger charge is -2.05.